The van der Waals surface area contributed by atoms with Crippen molar-refractivity contribution in [3.05, 3.63) is 66.2 Å². The molecule has 0 heterocycles. The number of hydrogen-bond donors (Lipinski definition) is 2. The number of rotatable bonds is 6. The number of phenols is 1. The van der Waals surface area contributed by atoms with E-state index in [9.17, 15) is 9.90 Å². The van der Waals surface area contributed by atoms with Crippen LogP contribution in [0.5, 0.6) is 17.2 Å². The van der Waals surface area contributed by atoms with Crippen LogP contribution in [0.15, 0.2) is 65.8 Å². The Bertz CT molecular complexity index is 980. The molecule has 0 aliphatic heterocycles. The minimum absolute atomic E-state index is 0.0360. The van der Waals surface area contributed by atoms with E-state index in [1.807, 2.05) is 42.5 Å². The van der Waals surface area contributed by atoms with E-state index in [-0.39, 0.29) is 5.75 Å². The lowest BCUT2D eigenvalue weighted by Gasteiger charge is -2.14. The first-order valence-electron chi connectivity index (χ1n) is 8.43. The van der Waals surface area contributed by atoms with Crippen molar-refractivity contribution in [2.75, 3.05) is 7.11 Å². The molecule has 2 N–H and O–H groups in total. The zero-order valence-electron chi connectivity index (χ0n) is 15.0. The summed E-state index contributed by atoms with van der Waals surface area (Å²) in [4.78, 5) is 12.2. The summed E-state index contributed by atoms with van der Waals surface area (Å²) in [6.07, 6.45) is 0.604. The lowest BCUT2D eigenvalue weighted by molar-refractivity contribution is -0.127. The third-order valence-corrected chi connectivity index (χ3v) is 4.04. The number of aromatic hydroxyl groups is 1. The summed E-state index contributed by atoms with van der Waals surface area (Å²) in [5.74, 6) is 0.842. The van der Waals surface area contributed by atoms with Gasteiger partial charge < -0.3 is 14.6 Å². The smallest absolute Gasteiger partial charge is 0.280 e. The highest BCUT2D eigenvalue weighted by atomic mass is 16.5. The summed E-state index contributed by atoms with van der Waals surface area (Å²) < 4.78 is 10.9. The zero-order valence-corrected chi connectivity index (χ0v) is 15.0. The van der Waals surface area contributed by atoms with Gasteiger partial charge in [-0.2, -0.15) is 5.10 Å². The lowest BCUT2D eigenvalue weighted by atomic mass is 10.1. The van der Waals surface area contributed by atoms with Gasteiger partial charge in [0.1, 0.15) is 17.2 Å². The van der Waals surface area contributed by atoms with E-state index in [1.54, 1.807) is 19.1 Å². The average molecular weight is 364 g/mol. The van der Waals surface area contributed by atoms with Crippen molar-refractivity contribution in [3.63, 3.8) is 0 Å². The Balaban J connectivity index is 1.66. The van der Waals surface area contributed by atoms with Crippen LogP contribution in [0.2, 0.25) is 0 Å². The molecule has 0 radical (unpaired) electrons. The van der Waals surface area contributed by atoms with Crippen LogP contribution in [0.3, 0.4) is 0 Å². The third kappa shape index (κ3) is 4.36. The molecule has 0 unspecified atom stereocenters. The Labute approximate surface area is 157 Å². The molecule has 0 saturated carbocycles. The number of carbonyl (C=O) groups excluding carboxylic acids is 1. The maximum Gasteiger partial charge on any atom is 0.280 e. The number of nitrogens with one attached hydrogen (secondary N) is 1. The van der Waals surface area contributed by atoms with Gasteiger partial charge in [-0.25, -0.2) is 5.43 Å². The van der Waals surface area contributed by atoms with Crippen LogP contribution in [0, 0.1) is 0 Å². The van der Waals surface area contributed by atoms with Crippen molar-refractivity contribution >= 4 is 22.9 Å². The van der Waals surface area contributed by atoms with Crippen LogP contribution >= 0.6 is 0 Å². The maximum absolute atomic E-state index is 12.2. The van der Waals surface area contributed by atoms with E-state index in [4.69, 9.17) is 9.47 Å². The minimum atomic E-state index is -0.744. The van der Waals surface area contributed by atoms with Gasteiger partial charge in [-0.15, -0.1) is 0 Å². The Kier molecular flexibility index (Phi) is 5.56. The third-order valence-electron chi connectivity index (χ3n) is 4.04. The van der Waals surface area contributed by atoms with Crippen LogP contribution in [0.1, 0.15) is 12.5 Å². The zero-order chi connectivity index (χ0) is 19.2. The first-order chi connectivity index (χ1) is 13.1. The first kappa shape index (κ1) is 18.3. The molecule has 0 aliphatic carbocycles. The van der Waals surface area contributed by atoms with Crippen LogP contribution < -0.4 is 14.9 Å². The number of amides is 1. The SMILES string of the molecule is COc1ccc(O)c(/C=N\NC(=O)[C@@H](C)Oc2cccc3ccccc23)c1. The fourth-order valence-corrected chi connectivity index (χ4v) is 2.56. The summed E-state index contributed by atoms with van der Waals surface area (Å²) in [6.45, 7) is 1.65. The first-order valence-corrected chi connectivity index (χ1v) is 8.43. The number of nitrogens with zero attached hydrogens (tertiary/aromatic N) is 1. The molecule has 0 aliphatic rings. The Morgan fingerprint density at radius 2 is 1.93 bits per heavy atom. The topological polar surface area (TPSA) is 80.2 Å². The van der Waals surface area contributed by atoms with Gasteiger partial charge >= 0.3 is 0 Å². The summed E-state index contributed by atoms with van der Waals surface area (Å²) in [6, 6.07) is 18.2. The highest BCUT2D eigenvalue weighted by Crippen LogP contribution is 2.26. The highest BCUT2D eigenvalue weighted by Gasteiger charge is 2.15. The molecule has 0 saturated heterocycles. The van der Waals surface area contributed by atoms with E-state index in [0.29, 0.717) is 17.1 Å². The van der Waals surface area contributed by atoms with Gasteiger partial charge in [0, 0.05) is 10.9 Å². The van der Waals surface area contributed by atoms with Crippen molar-refractivity contribution in [2.45, 2.75) is 13.0 Å². The van der Waals surface area contributed by atoms with E-state index in [2.05, 4.69) is 10.5 Å². The van der Waals surface area contributed by atoms with Gasteiger partial charge in [-0.05, 0) is 36.6 Å². The summed E-state index contributed by atoms with van der Waals surface area (Å²) in [5.41, 5.74) is 2.85. The number of benzene rings is 3. The molecule has 1 atom stereocenters. The fourth-order valence-electron chi connectivity index (χ4n) is 2.56. The monoisotopic (exact) mass is 364 g/mol. The minimum Gasteiger partial charge on any atom is -0.507 e. The van der Waals surface area contributed by atoms with E-state index < -0.39 is 12.0 Å². The Morgan fingerprint density at radius 3 is 2.74 bits per heavy atom. The number of fused-ring (bicyclic) bond motifs is 1. The van der Waals surface area contributed by atoms with E-state index >= 15 is 0 Å². The predicted octanol–water partition coefficient (Wildman–Crippen LogP) is 3.47. The molecule has 0 bridgehead atoms. The average Bonchev–Trinajstić information content (AvgIpc) is 2.69. The summed E-state index contributed by atoms with van der Waals surface area (Å²) >= 11 is 0. The lowest BCUT2D eigenvalue weighted by Crippen LogP contribution is -2.33. The Morgan fingerprint density at radius 1 is 1.15 bits per heavy atom. The van der Waals surface area contributed by atoms with Crippen molar-refractivity contribution in [2.24, 2.45) is 5.10 Å². The second kappa shape index (κ2) is 8.23. The van der Waals surface area contributed by atoms with Gasteiger partial charge in [-0.1, -0.05) is 36.4 Å². The van der Waals surface area contributed by atoms with Crippen LogP contribution in [0.4, 0.5) is 0 Å². The van der Waals surface area contributed by atoms with Crippen molar-refractivity contribution < 1.29 is 19.4 Å². The normalized spacial score (nSPS) is 12.1. The second-order valence-electron chi connectivity index (χ2n) is 5.90. The van der Waals surface area contributed by atoms with Gasteiger partial charge in [0.15, 0.2) is 6.10 Å². The van der Waals surface area contributed by atoms with E-state index in [0.717, 1.165) is 10.8 Å². The molecular formula is C21H20N2O4. The van der Waals surface area contributed by atoms with Crippen LogP contribution in [-0.2, 0) is 4.79 Å². The van der Waals surface area contributed by atoms with Crippen molar-refractivity contribution in [1.29, 1.82) is 0 Å². The molecule has 0 spiro atoms. The number of ether oxygens (including phenoxy) is 2. The summed E-state index contributed by atoms with van der Waals surface area (Å²) in [7, 11) is 1.53. The molecule has 0 aromatic heterocycles. The summed E-state index contributed by atoms with van der Waals surface area (Å²) in [5, 5.41) is 15.7. The Hall–Kier alpha value is -3.54. The quantitative estimate of drug-likeness (QED) is 0.518. The highest BCUT2D eigenvalue weighted by molar-refractivity contribution is 5.89. The molecule has 3 aromatic carbocycles. The number of carbonyl (C=O) groups is 1. The standard InChI is InChI=1S/C21H20N2O4/c1-14(27-20-9-5-7-15-6-3-4-8-18(15)20)21(25)23-22-13-16-12-17(26-2)10-11-19(16)24/h3-14,24H,1-2H3,(H,23,25)/b22-13-/t14-/m1/s1. The molecule has 3 aromatic rings. The van der Waals surface area contributed by atoms with Gasteiger partial charge in [0.05, 0.1) is 13.3 Å². The van der Waals surface area contributed by atoms with Crippen LogP contribution in [-0.4, -0.2) is 30.4 Å². The molecular weight excluding hydrogens is 344 g/mol. The molecule has 1 amide bonds. The molecule has 0 fully saturated rings. The molecule has 138 valence electrons. The molecule has 27 heavy (non-hydrogen) atoms. The molecule has 6 heteroatoms. The number of hydrogen-bond acceptors (Lipinski definition) is 5. The van der Waals surface area contributed by atoms with E-state index in [1.165, 1.54) is 19.4 Å². The number of methoxy groups -OCH3 is 1. The van der Waals surface area contributed by atoms with Gasteiger partial charge in [0.25, 0.3) is 5.91 Å². The predicted molar refractivity (Wildman–Crippen MR) is 104 cm³/mol. The van der Waals surface area contributed by atoms with Gasteiger partial charge in [-0.3, -0.25) is 4.79 Å². The number of phenolic OH excluding ortho intramolecular Hbond substituents is 1. The number of hydrazone groups is 1. The fraction of sp³-hybridized carbons (Fsp3) is 0.143. The van der Waals surface area contributed by atoms with Crippen molar-refractivity contribution in [3.8, 4) is 17.2 Å². The molecule has 3 rings (SSSR count). The maximum atomic E-state index is 12.2. The second-order valence-corrected chi connectivity index (χ2v) is 5.90. The largest absolute Gasteiger partial charge is 0.507 e. The van der Waals surface area contributed by atoms with Crippen molar-refractivity contribution in [1.82, 2.24) is 5.43 Å². The van der Waals surface area contributed by atoms with Crippen LogP contribution in [0.25, 0.3) is 10.8 Å². The molecule has 6 nitrogen and oxygen atoms in total. The van der Waals surface area contributed by atoms with Gasteiger partial charge in [0.2, 0.25) is 0 Å².